The van der Waals surface area contributed by atoms with Crippen LogP contribution in [-0.2, 0) is 56.4 Å². The van der Waals surface area contributed by atoms with Crippen molar-refractivity contribution in [1.29, 1.82) is 0 Å². The minimum atomic E-state index is -4.20. The summed E-state index contributed by atoms with van der Waals surface area (Å²) in [6, 6.07) is 0. The highest BCUT2D eigenvalue weighted by Gasteiger charge is 2.24. The van der Waals surface area contributed by atoms with E-state index in [2.05, 4.69) is 12.2 Å². The number of carbonyl (C=O) groups excluding carboxylic acids is 2. The Morgan fingerprint density at radius 2 is 1.27 bits per heavy atom. The van der Waals surface area contributed by atoms with Gasteiger partial charge in [-0.1, -0.05) is 13.3 Å². The van der Waals surface area contributed by atoms with Crippen molar-refractivity contribution in [3.8, 4) is 0 Å². The number of aliphatic hydroxyl groups is 1. The van der Waals surface area contributed by atoms with Gasteiger partial charge in [-0.15, -0.1) is 0 Å². The van der Waals surface area contributed by atoms with Crippen LogP contribution < -0.4 is 16.9 Å². The molecule has 1 unspecified atom stereocenters. The second kappa shape index (κ2) is 35.3. The fourth-order valence-electron chi connectivity index (χ4n) is 5.17. The van der Waals surface area contributed by atoms with Crippen LogP contribution in [0.4, 0.5) is 0 Å². The van der Waals surface area contributed by atoms with E-state index in [0.717, 1.165) is 30.8 Å². The van der Waals surface area contributed by atoms with E-state index in [1.165, 1.54) is 18.3 Å². The van der Waals surface area contributed by atoms with Crippen molar-refractivity contribution in [3.05, 3.63) is 23.7 Å². The molecular formula is C40H80N5O14P. The Balaban J connectivity index is 4.02. The van der Waals surface area contributed by atoms with E-state index in [1.807, 2.05) is 27.7 Å². The van der Waals surface area contributed by atoms with Gasteiger partial charge in [0.2, 0.25) is 12.3 Å². The number of amides is 2. The zero-order valence-corrected chi connectivity index (χ0v) is 38.5. The van der Waals surface area contributed by atoms with Crippen LogP contribution in [0.15, 0.2) is 23.7 Å². The SMILES string of the molecule is CCCOCCOCCOCCOCCOCCOP(=O)(O)OCCCC/C(N)=C/N(N)CCOC(C)(C)CCOC(C)(C)CCCC[C@@H](O)N(C=O)/C=C(/C)C(=O)NC. The predicted octanol–water partition coefficient (Wildman–Crippen LogP) is 3.73. The van der Waals surface area contributed by atoms with E-state index in [0.29, 0.717) is 129 Å². The average Bonchev–Trinajstić information content (AvgIpc) is 3.18. The van der Waals surface area contributed by atoms with Gasteiger partial charge in [0.05, 0.1) is 104 Å². The summed E-state index contributed by atoms with van der Waals surface area (Å²) in [7, 11) is -2.70. The Morgan fingerprint density at radius 1 is 0.750 bits per heavy atom. The average molecular weight is 886 g/mol. The van der Waals surface area contributed by atoms with Crippen molar-refractivity contribution < 1.29 is 66.4 Å². The maximum atomic E-state index is 12.1. The van der Waals surface area contributed by atoms with Crippen LogP contribution in [0.2, 0.25) is 0 Å². The summed E-state index contributed by atoms with van der Waals surface area (Å²) in [4.78, 5) is 34.1. The Morgan fingerprint density at radius 3 is 1.82 bits per heavy atom. The number of nitrogens with zero attached hydrogens (tertiary/aromatic N) is 2. The topological polar surface area (TPSA) is 245 Å². The molecule has 0 saturated heterocycles. The number of ether oxygens (including phenoxy) is 7. The second-order valence-electron chi connectivity index (χ2n) is 15.2. The van der Waals surface area contributed by atoms with E-state index in [-0.39, 0.29) is 31.3 Å². The number of likely N-dealkylation sites (N-methyl/N-ethyl adjacent to an activating group) is 1. The van der Waals surface area contributed by atoms with Crippen molar-refractivity contribution in [2.75, 3.05) is 106 Å². The fraction of sp³-hybridized carbons (Fsp3) is 0.850. The molecule has 0 saturated carbocycles. The molecular weight excluding hydrogens is 805 g/mol. The van der Waals surface area contributed by atoms with Gasteiger partial charge in [0.25, 0.3) is 0 Å². The zero-order valence-electron chi connectivity index (χ0n) is 37.6. The number of phosphoric ester groups is 1. The molecule has 0 aromatic heterocycles. The molecule has 0 aliphatic rings. The van der Waals surface area contributed by atoms with Gasteiger partial charge in [0.15, 0.2) is 0 Å². The van der Waals surface area contributed by atoms with E-state index >= 15 is 0 Å². The van der Waals surface area contributed by atoms with Gasteiger partial charge in [-0.3, -0.25) is 23.5 Å². The molecule has 7 N–H and O–H groups in total. The smallest absolute Gasteiger partial charge is 0.401 e. The number of allylic oxidation sites excluding steroid dienone is 1. The predicted molar refractivity (Wildman–Crippen MR) is 228 cm³/mol. The molecule has 354 valence electrons. The third-order valence-electron chi connectivity index (χ3n) is 8.69. The van der Waals surface area contributed by atoms with Crippen LogP contribution in [0.25, 0.3) is 0 Å². The van der Waals surface area contributed by atoms with E-state index in [9.17, 15) is 24.2 Å². The highest BCUT2D eigenvalue weighted by Crippen LogP contribution is 2.43. The van der Waals surface area contributed by atoms with Crippen molar-refractivity contribution in [1.82, 2.24) is 15.2 Å². The zero-order chi connectivity index (χ0) is 45.1. The lowest BCUT2D eigenvalue weighted by molar-refractivity contribution is -0.123. The number of phosphoric acid groups is 1. The summed E-state index contributed by atoms with van der Waals surface area (Å²) in [5.74, 6) is 5.78. The Labute approximate surface area is 359 Å². The number of rotatable bonds is 42. The molecule has 0 bridgehead atoms. The normalized spacial score (nSPS) is 14.2. The lowest BCUT2D eigenvalue weighted by Crippen LogP contribution is -2.35. The standard InChI is InChI=1S/C40H80N5O14P/c1-8-18-51-22-23-52-24-25-53-26-27-54-28-29-55-30-31-59-60(49,50)58-19-12-10-13-36(41)33-45(42)17-21-57-40(5,6)16-20-56-39(3,4)15-11-9-14-37(47)44(34-46)32-35(2)38(48)43-7/h32-34,37,47H,8-31,41-42H2,1-7H3,(H,43,48)(H,49,50)/b35-32-,36-33-/t37-/m1/s1. The van der Waals surface area contributed by atoms with E-state index in [4.69, 9.17) is 53.8 Å². The van der Waals surface area contributed by atoms with E-state index in [1.54, 1.807) is 13.1 Å². The quantitative estimate of drug-likeness (QED) is 0.0112. The highest BCUT2D eigenvalue weighted by atomic mass is 31.2. The number of aliphatic hydroxyl groups excluding tert-OH is 1. The van der Waals surface area contributed by atoms with Crippen LogP contribution >= 0.6 is 7.82 Å². The maximum absolute atomic E-state index is 12.1. The van der Waals surface area contributed by atoms with E-state index < -0.39 is 19.7 Å². The Hall–Kier alpha value is -2.23. The lowest BCUT2D eigenvalue weighted by Gasteiger charge is -2.30. The molecule has 0 aliphatic carbocycles. The lowest BCUT2D eigenvalue weighted by atomic mass is 9.99. The maximum Gasteiger partial charge on any atom is 0.472 e. The van der Waals surface area contributed by atoms with Gasteiger partial charge in [-0.25, -0.2) is 10.4 Å². The molecule has 0 aromatic rings. The molecule has 20 heteroatoms. The summed E-state index contributed by atoms with van der Waals surface area (Å²) in [6.07, 6.45) is 8.33. The van der Waals surface area contributed by atoms with Crippen LogP contribution in [-0.4, -0.2) is 156 Å². The molecule has 60 heavy (non-hydrogen) atoms. The first-order valence-electron chi connectivity index (χ1n) is 21.0. The third-order valence-corrected chi connectivity index (χ3v) is 9.71. The van der Waals surface area contributed by atoms with Crippen molar-refractivity contribution >= 4 is 20.1 Å². The summed E-state index contributed by atoms with van der Waals surface area (Å²) in [6.45, 7) is 17.4. The van der Waals surface area contributed by atoms with Crippen LogP contribution in [0.3, 0.4) is 0 Å². The monoisotopic (exact) mass is 886 g/mol. The van der Waals surface area contributed by atoms with Gasteiger partial charge in [-0.2, -0.15) is 0 Å². The summed E-state index contributed by atoms with van der Waals surface area (Å²) in [5, 5.41) is 14.3. The first-order valence-corrected chi connectivity index (χ1v) is 22.5. The van der Waals surface area contributed by atoms with Crippen molar-refractivity contribution in [2.45, 2.75) is 117 Å². The van der Waals surface area contributed by atoms with Crippen molar-refractivity contribution in [2.24, 2.45) is 11.6 Å². The largest absolute Gasteiger partial charge is 0.472 e. The van der Waals surface area contributed by atoms with Crippen LogP contribution in [0.1, 0.15) is 99.3 Å². The minimum Gasteiger partial charge on any atom is -0.401 e. The van der Waals surface area contributed by atoms with Gasteiger partial charge in [0.1, 0.15) is 6.23 Å². The number of hydrogen-bond donors (Lipinski definition) is 5. The highest BCUT2D eigenvalue weighted by molar-refractivity contribution is 7.47. The first-order chi connectivity index (χ1) is 28.5. The molecule has 0 heterocycles. The summed E-state index contributed by atoms with van der Waals surface area (Å²) >= 11 is 0. The summed E-state index contributed by atoms with van der Waals surface area (Å²) < 4.78 is 61.3. The van der Waals surface area contributed by atoms with Crippen molar-refractivity contribution in [3.63, 3.8) is 0 Å². The Bertz CT molecular complexity index is 1210. The molecule has 0 aliphatic heterocycles. The molecule has 0 spiro atoms. The summed E-state index contributed by atoms with van der Waals surface area (Å²) in [5.41, 5.74) is 6.16. The molecule has 0 aromatic carbocycles. The number of unbranched alkanes of at least 4 members (excludes halogenated alkanes) is 2. The second-order valence-corrected chi connectivity index (χ2v) is 16.7. The minimum absolute atomic E-state index is 0.0270. The van der Waals surface area contributed by atoms with Gasteiger partial charge in [0, 0.05) is 37.3 Å². The molecule has 0 rings (SSSR count). The number of hydrazine groups is 1. The first kappa shape index (κ1) is 57.8. The van der Waals surface area contributed by atoms with Crippen LogP contribution in [0, 0.1) is 0 Å². The fourth-order valence-corrected chi connectivity index (χ4v) is 5.91. The molecule has 0 radical (unpaired) electrons. The molecule has 19 nitrogen and oxygen atoms in total. The molecule has 2 atom stereocenters. The third kappa shape index (κ3) is 34.4. The number of nitrogens with two attached hydrogens (primary N) is 2. The van der Waals surface area contributed by atoms with Gasteiger partial charge >= 0.3 is 7.82 Å². The Kier molecular flexibility index (Phi) is 33.9. The van der Waals surface area contributed by atoms with Gasteiger partial charge < -0.3 is 59.2 Å². The number of hydrogen-bond acceptors (Lipinski definition) is 16. The number of nitrogens with one attached hydrogen (secondary N) is 1. The van der Waals surface area contributed by atoms with Gasteiger partial charge in [-0.05, 0) is 86.0 Å². The molecule has 0 fully saturated rings. The van der Waals surface area contributed by atoms with Crippen LogP contribution in [0.5, 0.6) is 0 Å². The number of carbonyl (C=O) groups is 2. The molecule has 2 amide bonds.